The predicted octanol–water partition coefficient (Wildman–Crippen LogP) is 8.08. The van der Waals surface area contributed by atoms with Gasteiger partial charge >= 0.3 is 0 Å². The molecule has 1 nitrogen and oxygen atoms in total. The minimum Gasteiger partial charge on any atom is -0.294 e. The summed E-state index contributed by atoms with van der Waals surface area (Å²) in [6.45, 7) is 5.12. The van der Waals surface area contributed by atoms with E-state index in [1.807, 2.05) is 0 Å². The summed E-state index contributed by atoms with van der Waals surface area (Å²) in [4.78, 5) is 3.30. The fourth-order valence-electron chi connectivity index (χ4n) is 10.8. The highest BCUT2D eigenvalue weighted by molar-refractivity contribution is 5.06. The summed E-state index contributed by atoms with van der Waals surface area (Å²) in [6.07, 6.45) is 26.3. The first kappa shape index (κ1) is 21.5. The summed E-state index contributed by atoms with van der Waals surface area (Å²) in [5.41, 5.74) is 0. The fourth-order valence-corrected chi connectivity index (χ4v) is 10.8. The highest BCUT2D eigenvalue weighted by Crippen LogP contribution is 2.61. The van der Waals surface area contributed by atoms with Gasteiger partial charge in [-0.1, -0.05) is 58.8 Å². The molecule has 0 bridgehead atoms. The molecule has 0 aromatic rings. The first-order valence-electron chi connectivity index (χ1n) is 15.0. The molecular formula is C30H51N. The van der Waals surface area contributed by atoms with Gasteiger partial charge < -0.3 is 0 Å². The van der Waals surface area contributed by atoms with Crippen LogP contribution in [0.5, 0.6) is 0 Å². The second-order valence-corrected chi connectivity index (χ2v) is 13.6. The number of hydrogen-bond acceptors (Lipinski definition) is 1. The zero-order valence-corrected chi connectivity index (χ0v) is 20.8. The molecule has 0 N–H and O–H groups in total. The molecule has 6 aliphatic carbocycles. The lowest BCUT2D eigenvalue weighted by molar-refractivity contribution is -0.125. The smallest absolute Gasteiger partial charge is 0.0132 e. The number of hydrogen-bond donors (Lipinski definition) is 0. The lowest BCUT2D eigenvalue weighted by atomic mass is 9.47. The van der Waals surface area contributed by atoms with Crippen molar-refractivity contribution in [3.8, 4) is 0 Å². The van der Waals surface area contributed by atoms with Crippen LogP contribution in [0, 0.1) is 47.3 Å². The molecule has 6 rings (SSSR count). The van der Waals surface area contributed by atoms with Gasteiger partial charge in [0.25, 0.3) is 0 Å². The molecular weight excluding hydrogens is 374 g/mol. The molecule has 6 fully saturated rings. The van der Waals surface area contributed by atoms with E-state index in [9.17, 15) is 0 Å². The Morgan fingerprint density at radius 3 is 1.61 bits per heavy atom. The van der Waals surface area contributed by atoms with Crippen LogP contribution in [-0.4, -0.2) is 23.0 Å². The maximum Gasteiger partial charge on any atom is 0.0132 e. The molecule has 6 saturated carbocycles. The van der Waals surface area contributed by atoms with Gasteiger partial charge in [-0.2, -0.15) is 0 Å². The first-order valence-corrected chi connectivity index (χ1v) is 15.0. The minimum absolute atomic E-state index is 0.920. The van der Waals surface area contributed by atoms with Gasteiger partial charge in [-0.25, -0.2) is 0 Å². The molecule has 1 heteroatoms. The van der Waals surface area contributed by atoms with Gasteiger partial charge in [0.1, 0.15) is 0 Å². The molecule has 0 heterocycles. The summed E-state index contributed by atoms with van der Waals surface area (Å²) in [7, 11) is 0. The average molecular weight is 426 g/mol. The second kappa shape index (κ2) is 8.96. The third-order valence-corrected chi connectivity index (χ3v) is 11.9. The van der Waals surface area contributed by atoms with Gasteiger partial charge in [-0.05, 0) is 112 Å². The van der Waals surface area contributed by atoms with E-state index in [1.54, 1.807) is 57.8 Å². The Hall–Kier alpha value is -0.0400. The Morgan fingerprint density at radius 2 is 1.00 bits per heavy atom. The highest BCUT2D eigenvalue weighted by Gasteiger charge is 2.55. The third kappa shape index (κ3) is 3.95. The zero-order chi connectivity index (χ0) is 20.9. The minimum atomic E-state index is 0.920. The van der Waals surface area contributed by atoms with Crippen molar-refractivity contribution in [3.05, 3.63) is 0 Å². The van der Waals surface area contributed by atoms with Crippen molar-refractivity contribution in [1.82, 2.24) is 4.90 Å². The normalized spacial score (nSPS) is 52.5. The van der Waals surface area contributed by atoms with E-state index in [-0.39, 0.29) is 0 Å². The number of rotatable bonds is 3. The standard InChI is InChI=1S/C30H51N/c1-20-6-3-10-25(18-20)31(26-11-4-7-21(2)19-26)28-17-15-24-13-12-22-8-5-9-23-14-16-27(28)30(24)29(22)23/h20-30H,3-19H2,1-2H3. The monoisotopic (exact) mass is 425 g/mol. The first-order chi connectivity index (χ1) is 15.2. The van der Waals surface area contributed by atoms with Crippen LogP contribution in [0.1, 0.15) is 123 Å². The Labute approximate surface area is 193 Å². The van der Waals surface area contributed by atoms with E-state index < -0.39 is 0 Å². The summed E-state index contributed by atoms with van der Waals surface area (Å²) in [5.74, 6) is 8.63. The quantitative estimate of drug-likeness (QED) is 0.442. The molecule has 31 heavy (non-hydrogen) atoms. The van der Waals surface area contributed by atoms with Crippen molar-refractivity contribution in [2.45, 2.75) is 141 Å². The zero-order valence-electron chi connectivity index (χ0n) is 20.8. The predicted molar refractivity (Wildman–Crippen MR) is 131 cm³/mol. The Bertz CT molecular complexity index is 586. The largest absolute Gasteiger partial charge is 0.294 e. The molecule has 11 unspecified atom stereocenters. The van der Waals surface area contributed by atoms with Crippen LogP contribution in [-0.2, 0) is 0 Å². The van der Waals surface area contributed by atoms with Crippen LogP contribution >= 0.6 is 0 Å². The van der Waals surface area contributed by atoms with Crippen molar-refractivity contribution in [1.29, 1.82) is 0 Å². The van der Waals surface area contributed by atoms with Gasteiger partial charge in [-0.15, -0.1) is 0 Å². The maximum atomic E-state index is 3.30. The highest BCUT2D eigenvalue weighted by atomic mass is 15.2. The third-order valence-electron chi connectivity index (χ3n) is 11.9. The summed E-state index contributed by atoms with van der Waals surface area (Å²) < 4.78 is 0. The van der Waals surface area contributed by atoms with Gasteiger partial charge in [-0.3, -0.25) is 4.90 Å². The molecule has 0 aliphatic heterocycles. The second-order valence-electron chi connectivity index (χ2n) is 13.6. The molecule has 0 amide bonds. The summed E-state index contributed by atoms with van der Waals surface area (Å²) >= 11 is 0. The van der Waals surface area contributed by atoms with E-state index in [0.717, 1.165) is 65.5 Å². The van der Waals surface area contributed by atoms with E-state index in [0.29, 0.717) is 0 Å². The Kier molecular flexibility index (Phi) is 6.21. The molecule has 176 valence electrons. The maximum absolute atomic E-state index is 3.30. The molecule has 11 atom stereocenters. The van der Waals surface area contributed by atoms with Gasteiger partial charge in [0.15, 0.2) is 0 Å². The van der Waals surface area contributed by atoms with Gasteiger partial charge in [0, 0.05) is 18.1 Å². The van der Waals surface area contributed by atoms with Crippen LogP contribution in [0.3, 0.4) is 0 Å². The van der Waals surface area contributed by atoms with Gasteiger partial charge in [0.05, 0.1) is 0 Å². The van der Waals surface area contributed by atoms with Crippen LogP contribution < -0.4 is 0 Å². The molecule has 0 saturated heterocycles. The van der Waals surface area contributed by atoms with Crippen molar-refractivity contribution >= 4 is 0 Å². The Balaban J connectivity index is 1.30. The topological polar surface area (TPSA) is 3.24 Å². The lowest BCUT2D eigenvalue weighted by Gasteiger charge is -2.62. The van der Waals surface area contributed by atoms with Crippen molar-refractivity contribution in [3.63, 3.8) is 0 Å². The molecule has 0 aromatic carbocycles. The van der Waals surface area contributed by atoms with Gasteiger partial charge in [0.2, 0.25) is 0 Å². The molecule has 0 spiro atoms. The SMILES string of the molecule is CC1CCCC(N(C2CCCC(C)C2)C2CCC3CCC4CCCC5CCC2C3C45)C1. The molecule has 0 aromatic heterocycles. The van der Waals surface area contributed by atoms with Crippen molar-refractivity contribution in [2.75, 3.05) is 0 Å². The molecule has 0 radical (unpaired) electrons. The van der Waals surface area contributed by atoms with Crippen LogP contribution in [0.2, 0.25) is 0 Å². The summed E-state index contributed by atoms with van der Waals surface area (Å²) in [6, 6.07) is 2.79. The average Bonchev–Trinajstić information content (AvgIpc) is 2.79. The molecule has 6 aliphatic rings. The van der Waals surface area contributed by atoms with E-state index in [1.165, 1.54) is 51.4 Å². The van der Waals surface area contributed by atoms with Crippen LogP contribution in [0.4, 0.5) is 0 Å². The van der Waals surface area contributed by atoms with Crippen molar-refractivity contribution < 1.29 is 0 Å². The van der Waals surface area contributed by atoms with E-state index in [4.69, 9.17) is 0 Å². The Morgan fingerprint density at radius 1 is 0.484 bits per heavy atom. The fraction of sp³-hybridized carbons (Fsp3) is 1.00. The van der Waals surface area contributed by atoms with E-state index >= 15 is 0 Å². The van der Waals surface area contributed by atoms with Crippen molar-refractivity contribution in [2.24, 2.45) is 47.3 Å². The number of nitrogens with zero attached hydrogens (tertiary/aromatic N) is 1. The van der Waals surface area contributed by atoms with Crippen LogP contribution in [0.25, 0.3) is 0 Å². The van der Waals surface area contributed by atoms with E-state index in [2.05, 4.69) is 18.7 Å². The lowest BCUT2D eigenvalue weighted by Crippen LogP contribution is -2.61. The van der Waals surface area contributed by atoms with Crippen LogP contribution in [0.15, 0.2) is 0 Å². The summed E-state index contributed by atoms with van der Waals surface area (Å²) in [5, 5.41) is 0.